The Hall–Kier alpha value is -0.320. The Kier molecular flexibility index (Phi) is 8.87. The van der Waals surface area contributed by atoms with Gasteiger partial charge in [0, 0.05) is 13.0 Å². The van der Waals surface area contributed by atoms with Gasteiger partial charge >= 0.3 is 0 Å². The SMILES string of the molecule is Cl.NCCC(=O)NO. The van der Waals surface area contributed by atoms with Gasteiger partial charge < -0.3 is 5.73 Å². The highest BCUT2D eigenvalue weighted by Crippen LogP contribution is 1.68. The molecular weight excluding hydrogens is 131 g/mol. The number of hydroxylamine groups is 1. The summed E-state index contributed by atoms with van der Waals surface area (Å²) in [6.45, 7) is 0.270. The minimum atomic E-state index is -0.442. The first-order valence-corrected chi connectivity index (χ1v) is 1.94. The predicted molar refractivity (Wildman–Crippen MR) is 30.8 cm³/mol. The Balaban J connectivity index is 0. The van der Waals surface area contributed by atoms with Crippen LogP contribution in [0.25, 0.3) is 0 Å². The Labute approximate surface area is 53.4 Å². The van der Waals surface area contributed by atoms with Gasteiger partial charge in [-0.1, -0.05) is 0 Å². The molecule has 4 N–H and O–H groups in total. The molecule has 0 aliphatic heterocycles. The van der Waals surface area contributed by atoms with Gasteiger partial charge in [-0.05, 0) is 0 Å². The van der Waals surface area contributed by atoms with E-state index in [0.717, 1.165) is 0 Å². The van der Waals surface area contributed by atoms with E-state index >= 15 is 0 Å². The maximum Gasteiger partial charge on any atom is 0.244 e. The van der Waals surface area contributed by atoms with Gasteiger partial charge in [0.25, 0.3) is 0 Å². The number of nitrogens with two attached hydrogens (primary N) is 1. The summed E-state index contributed by atoms with van der Waals surface area (Å²) >= 11 is 0. The second-order valence-corrected chi connectivity index (χ2v) is 1.07. The van der Waals surface area contributed by atoms with E-state index in [2.05, 4.69) is 0 Å². The Morgan fingerprint density at radius 1 is 1.75 bits per heavy atom. The first kappa shape index (κ1) is 10.6. The van der Waals surface area contributed by atoms with Crippen molar-refractivity contribution in [1.82, 2.24) is 5.48 Å². The number of hydrogen-bond donors (Lipinski definition) is 3. The zero-order valence-electron chi connectivity index (χ0n) is 4.26. The Morgan fingerprint density at radius 3 is 2.38 bits per heavy atom. The minimum Gasteiger partial charge on any atom is -0.330 e. The van der Waals surface area contributed by atoms with Crippen LogP contribution in [0.2, 0.25) is 0 Å². The van der Waals surface area contributed by atoms with Crippen molar-refractivity contribution in [3.05, 3.63) is 0 Å². The van der Waals surface area contributed by atoms with E-state index in [1.807, 2.05) is 0 Å². The highest BCUT2D eigenvalue weighted by atomic mass is 35.5. The number of hydrogen-bond acceptors (Lipinski definition) is 3. The van der Waals surface area contributed by atoms with Gasteiger partial charge in [0.15, 0.2) is 0 Å². The Morgan fingerprint density at radius 2 is 2.25 bits per heavy atom. The molecule has 0 aromatic carbocycles. The molecule has 8 heavy (non-hydrogen) atoms. The van der Waals surface area contributed by atoms with Crippen LogP contribution in [0, 0.1) is 0 Å². The van der Waals surface area contributed by atoms with E-state index in [9.17, 15) is 4.79 Å². The van der Waals surface area contributed by atoms with E-state index < -0.39 is 5.91 Å². The van der Waals surface area contributed by atoms with E-state index in [1.54, 1.807) is 0 Å². The molecule has 0 radical (unpaired) electrons. The van der Waals surface area contributed by atoms with Gasteiger partial charge in [-0.15, -0.1) is 12.4 Å². The first-order chi connectivity index (χ1) is 3.31. The summed E-state index contributed by atoms with van der Waals surface area (Å²) in [6, 6.07) is 0. The molecule has 0 heterocycles. The molecule has 0 spiro atoms. The summed E-state index contributed by atoms with van der Waals surface area (Å²) in [7, 11) is 0. The van der Waals surface area contributed by atoms with Crippen LogP contribution < -0.4 is 11.2 Å². The topological polar surface area (TPSA) is 75.4 Å². The van der Waals surface area contributed by atoms with Crippen molar-refractivity contribution < 1.29 is 10.0 Å². The lowest BCUT2D eigenvalue weighted by Crippen LogP contribution is -2.21. The molecule has 1 amide bonds. The third-order valence-corrected chi connectivity index (χ3v) is 0.496. The number of carbonyl (C=O) groups is 1. The molecule has 0 aliphatic carbocycles. The summed E-state index contributed by atoms with van der Waals surface area (Å²) in [5, 5.41) is 7.81. The number of amides is 1. The largest absolute Gasteiger partial charge is 0.330 e. The molecule has 0 fully saturated rings. The van der Waals surface area contributed by atoms with Gasteiger partial charge in [-0.3, -0.25) is 10.0 Å². The molecule has 0 atom stereocenters. The van der Waals surface area contributed by atoms with E-state index in [1.165, 1.54) is 5.48 Å². The molecule has 0 unspecified atom stereocenters. The van der Waals surface area contributed by atoms with Crippen molar-refractivity contribution in [3.63, 3.8) is 0 Å². The molecule has 50 valence electrons. The van der Waals surface area contributed by atoms with E-state index in [0.29, 0.717) is 0 Å². The van der Waals surface area contributed by atoms with Crippen LogP contribution in [0.1, 0.15) is 6.42 Å². The van der Waals surface area contributed by atoms with E-state index in [-0.39, 0.29) is 25.4 Å². The molecule has 4 nitrogen and oxygen atoms in total. The van der Waals surface area contributed by atoms with Gasteiger partial charge in [0.05, 0.1) is 0 Å². The number of rotatable bonds is 2. The van der Waals surface area contributed by atoms with Crippen LogP contribution in [-0.4, -0.2) is 17.7 Å². The van der Waals surface area contributed by atoms with Crippen molar-refractivity contribution in [2.75, 3.05) is 6.54 Å². The molecule has 0 rings (SSSR count). The number of nitrogens with one attached hydrogen (secondary N) is 1. The summed E-state index contributed by atoms with van der Waals surface area (Å²) in [5.41, 5.74) is 6.38. The van der Waals surface area contributed by atoms with Crippen LogP contribution in [0.3, 0.4) is 0 Å². The second kappa shape index (κ2) is 6.68. The normalized spacial score (nSPS) is 7.25. The van der Waals surface area contributed by atoms with Crippen LogP contribution in [-0.2, 0) is 4.79 Å². The highest BCUT2D eigenvalue weighted by Gasteiger charge is 1.91. The molecule has 0 aromatic heterocycles. The van der Waals surface area contributed by atoms with Crippen molar-refractivity contribution >= 4 is 18.3 Å². The average Bonchev–Trinajstić information content (AvgIpc) is 1.68. The lowest BCUT2D eigenvalue weighted by atomic mass is 10.4. The molecule has 5 heteroatoms. The van der Waals surface area contributed by atoms with Crippen molar-refractivity contribution in [2.24, 2.45) is 5.73 Å². The summed E-state index contributed by atoms with van der Waals surface area (Å²) < 4.78 is 0. The fourth-order valence-electron chi connectivity index (χ4n) is 0.187. The maximum absolute atomic E-state index is 9.97. The van der Waals surface area contributed by atoms with Crippen LogP contribution in [0.5, 0.6) is 0 Å². The molecule has 0 bridgehead atoms. The van der Waals surface area contributed by atoms with Gasteiger partial charge in [0.2, 0.25) is 5.91 Å². The fraction of sp³-hybridized carbons (Fsp3) is 0.667. The second-order valence-electron chi connectivity index (χ2n) is 1.07. The van der Waals surface area contributed by atoms with E-state index in [4.69, 9.17) is 10.9 Å². The van der Waals surface area contributed by atoms with Crippen LogP contribution in [0.4, 0.5) is 0 Å². The molecule has 0 aliphatic rings. The number of carbonyl (C=O) groups excluding carboxylic acids is 1. The molecule has 0 saturated heterocycles. The standard InChI is InChI=1S/C3H8N2O2.ClH/c4-2-1-3(6)5-7;/h7H,1-2,4H2,(H,5,6);1H. The minimum absolute atomic E-state index is 0. The number of halogens is 1. The van der Waals surface area contributed by atoms with Crippen molar-refractivity contribution in [2.45, 2.75) is 6.42 Å². The quantitative estimate of drug-likeness (QED) is 0.350. The summed E-state index contributed by atoms with van der Waals surface area (Å²) in [6.07, 6.45) is 0.177. The average molecular weight is 141 g/mol. The highest BCUT2D eigenvalue weighted by molar-refractivity contribution is 5.85. The lowest BCUT2D eigenvalue weighted by Gasteiger charge is -1.90. The van der Waals surface area contributed by atoms with Gasteiger partial charge in [0.1, 0.15) is 0 Å². The van der Waals surface area contributed by atoms with Gasteiger partial charge in [-0.25, -0.2) is 5.48 Å². The van der Waals surface area contributed by atoms with Gasteiger partial charge in [-0.2, -0.15) is 0 Å². The van der Waals surface area contributed by atoms with Crippen LogP contribution in [0.15, 0.2) is 0 Å². The third kappa shape index (κ3) is 5.68. The molecule has 0 saturated carbocycles. The maximum atomic E-state index is 9.97. The monoisotopic (exact) mass is 140 g/mol. The van der Waals surface area contributed by atoms with Crippen molar-refractivity contribution in [1.29, 1.82) is 0 Å². The zero-order valence-corrected chi connectivity index (χ0v) is 5.07. The van der Waals surface area contributed by atoms with Crippen LogP contribution >= 0.6 is 12.4 Å². The zero-order chi connectivity index (χ0) is 5.70. The predicted octanol–water partition coefficient (Wildman–Crippen LogP) is -0.738. The Bertz CT molecular complexity index is 68.3. The van der Waals surface area contributed by atoms with Crippen molar-refractivity contribution in [3.8, 4) is 0 Å². The summed E-state index contributed by atoms with van der Waals surface area (Å²) in [4.78, 5) is 9.97. The lowest BCUT2D eigenvalue weighted by molar-refractivity contribution is -0.128. The third-order valence-electron chi connectivity index (χ3n) is 0.496. The molecular formula is C3H9ClN2O2. The first-order valence-electron chi connectivity index (χ1n) is 1.94. The fourth-order valence-corrected chi connectivity index (χ4v) is 0.187. The molecule has 0 aromatic rings. The smallest absolute Gasteiger partial charge is 0.244 e. The summed E-state index contributed by atoms with van der Waals surface area (Å²) in [5.74, 6) is -0.442.